The largest absolute Gasteiger partial charge is 0.309 e. The smallest absolute Gasteiger partial charge is 0.0526 e. The maximum Gasteiger partial charge on any atom is 0.0526 e. The van der Waals surface area contributed by atoms with Gasteiger partial charge in [0, 0.05) is 5.41 Å². The highest BCUT2D eigenvalue weighted by atomic mass is 15.2. The van der Waals surface area contributed by atoms with E-state index < -0.39 is 0 Å². The van der Waals surface area contributed by atoms with Crippen molar-refractivity contribution in [3.05, 3.63) is 312 Å². The first-order valence-electron chi connectivity index (χ1n) is 51.4. The number of rotatable bonds is 12. The third kappa shape index (κ3) is 14.3. The molecule has 0 fully saturated rings. The van der Waals surface area contributed by atoms with E-state index in [4.69, 9.17) is 0 Å². The summed E-state index contributed by atoms with van der Waals surface area (Å²) in [6, 6.07) is 0. The van der Waals surface area contributed by atoms with Crippen molar-refractivity contribution < 1.29 is 0 Å². The molecule has 4 heteroatoms. The molecule has 0 amide bonds. The van der Waals surface area contributed by atoms with Gasteiger partial charge in [0.25, 0.3) is 0 Å². The van der Waals surface area contributed by atoms with E-state index in [1.807, 2.05) is 0 Å². The Morgan fingerprint density at radius 1 is 0.0949 bits per heavy atom. The van der Waals surface area contributed by atoms with E-state index in [0.717, 1.165) is 0 Å². The zero-order chi connectivity index (χ0) is 103. The number of benzene rings is 12. The standard InChI is InChI=1S/C68H90N2.C65H84N2/c1-31-35(5)45(15)61(46(16)36(31)6)69(62-47(17)37(7)32(2)38(8)48(62)18)65-53(23)43(13)57-58-44(14)54(24)66(56(26)60(58)68(29,30)67(27,28)59(57)55(65)25)70(63-49(19)39(9)33(3)40(10)50(63)20)64-51(21)41(11)34(4)42(12)52(64)22;1-29-33(5)43(15)59(44(16)34(29)6)66(60-45(17)35(7)30(2)36(8)46(60)18)63-51(23)41(13)55-56-42(14)52(24)64(54(26)58(56)65(27,28)57(55)53(63)25)67(61-47(19)37(9)31(3)38(10)48(61)20)62-49(21)39(11)32(4)40(12)50(62)22/h1-30H3;1-28H3. The summed E-state index contributed by atoms with van der Waals surface area (Å²) < 4.78 is 0. The molecule has 2 aliphatic rings. The van der Waals surface area contributed by atoms with Crippen molar-refractivity contribution in [2.24, 2.45) is 0 Å². The summed E-state index contributed by atoms with van der Waals surface area (Å²) in [4.78, 5) is 11.0. The quantitative estimate of drug-likeness (QED) is 0.121. The van der Waals surface area contributed by atoms with Crippen molar-refractivity contribution in [2.45, 2.75) is 418 Å². The predicted molar refractivity (Wildman–Crippen MR) is 607 cm³/mol. The minimum atomic E-state index is -0.296. The summed E-state index contributed by atoms with van der Waals surface area (Å²) in [7, 11) is 0. The van der Waals surface area contributed by atoms with Crippen LogP contribution in [0, 0.1) is 360 Å². The van der Waals surface area contributed by atoms with E-state index in [9.17, 15) is 0 Å². The maximum atomic E-state index is 2.75. The first-order chi connectivity index (χ1) is 63.1. The van der Waals surface area contributed by atoms with Gasteiger partial charge < -0.3 is 19.6 Å². The first-order valence-corrected chi connectivity index (χ1v) is 51.4. The zero-order valence-electron chi connectivity index (χ0n) is 97.3. The van der Waals surface area contributed by atoms with Crippen molar-refractivity contribution in [1.82, 2.24) is 0 Å². The molecule has 0 saturated carbocycles. The molecule has 0 heterocycles. The average molecular weight is 1830 g/mol. The van der Waals surface area contributed by atoms with Crippen molar-refractivity contribution in [3.63, 3.8) is 0 Å². The fourth-order valence-electron chi connectivity index (χ4n) is 26.9. The Hall–Kier alpha value is -10.2. The van der Waals surface area contributed by atoms with Crippen LogP contribution in [0.3, 0.4) is 0 Å². The molecule has 12 aromatic rings. The molecule has 0 aromatic heterocycles. The van der Waals surface area contributed by atoms with Gasteiger partial charge in [0.1, 0.15) is 0 Å². The summed E-state index contributed by atoms with van der Waals surface area (Å²) in [5.74, 6) is 0. The van der Waals surface area contributed by atoms with Gasteiger partial charge in [-0.15, -0.1) is 0 Å². The molecule has 137 heavy (non-hydrogen) atoms. The van der Waals surface area contributed by atoms with Crippen molar-refractivity contribution >= 4 is 68.2 Å². The lowest BCUT2D eigenvalue weighted by molar-refractivity contribution is 0.296. The number of fused-ring (bicyclic) bond motifs is 6. The van der Waals surface area contributed by atoms with E-state index >= 15 is 0 Å². The lowest BCUT2D eigenvalue weighted by Crippen LogP contribution is -2.45. The van der Waals surface area contributed by atoms with E-state index in [1.54, 1.807) is 0 Å². The second-order valence-electron chi connectivity index (χ2n) is 45.9. The van der Waals surface area contributed by atoms with Crippen LogP contribution in [0.15, 0.2) is 0 Å². The first kappa shape index (κ1) is 104. The molecule has 14 rings (SSSR count). The number of anilines is 12. The third-order valence-electron chi connectivity index (χ3n) is 40.0. The van der Waals surface area contributed by atoms with Crippen LogP contribution in [0.25, 0.3) is 22.3 Å². The lowest BCUT2D eigenvalue weighted by atomic mass is 9.52. The number of nitrogens with zero attached hydrogens (tertiary/aromatic N) is 4. The second-order valence-corrected chi connectivity index (χ2v) is 45.9. The third-order valence-corrected chi connectivity index (χ3v) is 40.0. The summed E-state index contributed by atoms with van der Waals surface area (Å²) in [6.45, 7) is 138. The van der Waals surface area contributed by atoms with Crippen LogP contribution in [0.4, 0.5) is 68.2 Å². The summed E-state index contributed by atoms with van der Waals surface area (Å²) in [5.41, 5.74) is 98.5. The van der Waals surface area contributed by atoms with Gasteiger partial charge in [-0.25, -0.2) is 0 Å². The van der Waals surface area contributed by atoms with Crippen LogP contribution < -0.4 is 19.6 Å². The summed E-state index contributed by atoms with van der Waals surface area (Å²) in [5, 5.41) is 0. The van der Waals surface area contributed by atoms with Gasteiger partial charge in [0.05, 0.1) is 68.2 Å². The average Bonchev–Trinajstić information content (AvgIpc) is 1.39. The van der Waals surface area contributed by atoms with Gasteiger partial charge >= 0.3 is 0 Å². The lowest BCUT2D eigenvalue weighted by Gasteiger charge is -2.52. The van der Waals surface area contributed by atoms with Crippen molar-refractivity contribution in [2.75, 3.05) is 19.6 Å². The van der Waals surface area contributed by atoms with Gasteiger partial charge in [0.15, 0.2) is 0 Å². The van der Waals surface area contributed by atoms with Gasteiger partial charge in [0.2, 0.25) is 0 Å². The predicted octanol–water partition coefficient (Wildman–Crippen LogP) is 38.8. The molecule has 0 bridgehead atoms. The Bertz CT molecular complexity index is 6420. The molecule has 2 aliphatic carbocycles. The molecular weight excluding hydrogens is 1650 g/mol. The van der Waals surface area contributed by atoms with Crippen LogP contribution in [0.1, 0.15) is 353 Å². The van der Waals surface area contributed by atoms with Gasteiger partial charge in [-0.1, -0.05) is 41.5 Å². The highest BCUT2D eigenvalue weighted by Gasteiger charge is 2.52. The number of hydrogen-bond acceptors (Lipinski definition) is 4. The fourth-order valence-corrected chi connectivity index (χ4v) is 26.9. The molecule has 0 unspecified atom stereocenters. The van der Waals surface area contributed by atoms with Crippen molar-refractivity contribution in [1.29, 1.82) is 0 Å². The van der Waals surface area contributed by atoms with Crippen LogP contribution in [-0.4, -0.2) is 0 Å². The van der Waals surface area contributed by atoms with Gasteiger partial charge in [-0.2, -0.15) is 0 Å². The monoisotopic (exact) mass is 1830 g/mol. The molecule has 0 N–H and O–H groups in total. The van der Waals surface area contributed by atoms with Crippen molar-refractivity contribution in [3.8, 4) is 22.3 Å². The van der Waals surface area contributed by atoms with Crippen LogP contribution in [0.2, 0.25) is 0 Å². The molecular formula is C133H174N4. The summed E-state index contributed by atoms with van der Waals surface area (Å²) >= 11 is 0. The molecule has 4 nitrogen and oxygen atoms in total. The van der Waals surface area contributed by atoms with E-state index in [1.165, 1.54) is 402 Å². The van der Waals surface area contributed by atoms with E-state index in [0.29, 0.717) is 0 Å². The Morgan fingerprint density at radius 2 is 0.175 bits per heavy atom. The Morgan fingerprint density at radius 3 is 0.292 bits per heavy atom. The van der Waals surface area contributed by atoms with Crippen LogP contribution >= 0.6 is 0 Å². The molecule has 0 aliphatic heterocycles. The molecule has 12 aromatic carbocycles. The van der Waals surface area contributed by atoms with E-state index in [2.05, 4.69) is 421 Å². The normalized spacial score (nSPS) is 13.4. The van der Waals surface area contributed by atoms with Gasteiger partial charge in [-0.3, -0.25) is 0 Å². The fraction of sp³-hybridized carbons (Fsp3) is 0.459. The minimum Gasteiger partial charge on any atom is -0.309 e. The SMILES string of the molecule is Cc1c(C)c(C)c(N(c2c(C)c(C)c(C)c(C)c2C)c2c(C)c(C)c3c(c2C)C(C)(C)C(C)(C)c2c(C)c(N(c4c(C)c(C)c(C)c(C)c4C)c4c(C)c(C)c(C)c(C)c4C)c(C)c(C)c2-3)c(C)c1C.Cc1c(C)c(C)c(N(c2c(C)c(C)c(C)c(C)c2C)c2c(C)c(C)c3c(c2C)C(C)(C)c2c(C)c(N(c4c(C)c(C)c(C)c(C)c4C)c4c(C)c(C)c(C)c(C)c4C)c(C)c(C)c2-3)c(C)c1C. The van der Waals surface area contributed by atoms with Gasteiger partial charge in [-0.05, 0) is 705 Å². The molecule has 0 atom stereocenters. The van der Waals surface area contributed by atoms with E-state index in [-0.39, 0.29) is 16.2 Å². The van der Waals surface area contributed by atoms with Crippen LogP contribution in [-0.2, 0) is 16.2 Å². The maximum absolute atomic E-state index is 2.75. The molecule has 0 saturated heterocycles. The summed E-state index contributed by atoms with van der Waals surface area (Å²) in [6.07, 6.45) is 0. The second kappa shape index (κ2) is 35.3. The highest BCUT2D eigenvalue weighted by molar-refractivity contribution is 6.03. The molecule has 0 spiro atoms. The highest BCUT2D eigenvalue weighted by Crippen LogP contribution is 2.66. The van der Waals surface area contributed by atoms with Crippen LogP contribution in [0.5, 0.6) is 0 Å². The topological polar surface area (TPSA) is 13.0 Å². The minimum absolute atomic E-state index is 0.259. The Labute approximate surface area is 833 Å². The Balaban J connectivity index is 0.000000232. The molecule has 0 radical (unpaired) electrons. The number of hydrogen-bond donors (Lipinski definition) is 0. The zero-order valence-corrected chi connectivity index (χ0v) is 97.3. The Kier molecular flexibility index (Phi) is 26.8. The molecule has 726 valence electrons.